The molecule has 0 spiro atoms. The van der Waals surface area contributed by atoms with Gasteiger partial charge < -0.3 is 5.32 Å². The number of aromatic nitrogens is 2. The molecule has 0 atom stereocenters. The van der Waals surface area contributed by atoms with Crippen LogP contribution in [0.1, 0.15) is 28.9 Å². The first-order valence-electron chi connectivity index (χ1n) is 6.58. The second-order valence-corrected chi connectivity index (χ2v) is 5.25. The SMILES string of the molecule is Cc1n[nH]c(C)c1CNC(=O)CCc1ccc(Cl)cc1. The molecular weight excluding hydrogens is 274 g/mol. The van der Waals surface area contributed by atoms with Crippen molar-refractivity contribution in [2.45, 2.75) is 33.2 Å². The van der Waals surface area contributed by atoms with Gasteiger partial charge in [-0.25, -0.2) is 0 Å². The van der Waals surface area contributed by atoms with Crippen LogP contribution in [0.4, 0.5) is 0 Å². The van der Waals surface area contributed by atoms with Gasteiger partial charge in [0, 0.05) is 29.2 Å². The van der Waals surface area contributed by atoms with Gasteiger partial charge in [0.15, 0.2) is 0 Å². The van der Waals surface area contributed by atoms with E-state index < -0.39 is 0 Å². The Morgan fingerprint density at radius 2 is 2.00 bits per heavy atom. The monoisotopic (exact) mass is 291 g/mol. The van der Waals surface area contributed by atoms with Crippen LogP contribution in [-0.4, -0.2) is 16.1 Å². The molecule has 1 amide bonds. The van der Waals surface area contributed by atoms with Crippen LogP contribution in [0.25, 0.3) is 0 Å². The van der Waals surface area contributed by atoms with Crippen molar-refractivity contribution in [3.63, 3.8) is 0 Å². The molecule has 0 unspecified atom stereocenters. The van der Waals surface area contributed by atoms with E-state index in [1.807, 2.05) is 38.1 Å². The van der Waals surface area contributed by atoms with E-state index in [0.717, 1.165) is 22.5 Å². The minimum absolute atomic E-state index is 0.0416. The number of nitrogens with one attached hydrogen (secondary N) is 2. The Morgan fingerprint density at radius 1 is 1.30 bits per heavy atom. The van der Waals surface area contributed by atoms with Crippen molar-refractivity contribution in [3.05, 3.63) is 51.8 Å². The van der Waals surface area contributed by atoms with Gasteiger partial charge in [-0.05, 0) is 38.0 Å². The van der Waals surface area contributed by atoms with Crippen LogP contribution in [0.5, 0.6) is 0 Å². The van der Waals surface area contributed by atoms with Crippen LogP contribution in [0.15, 0.2) is 24.3 Å². The molecule has 2 aromatic rings. The van der Waals surface area contributed by atoms with Crippen molar-refractivity contribution in [1.29, 1.82) is 0 Å². The summed E-state index contributed by atoms with van der Waals surface area (Å²) in [6, 6.07) is 7.57. The quantitative estimate of drug-likeness (QED) is 0.890. The van der Waals surface area contributed by atoms with E-state index in [4.69, 9.17) is 11.6 Å². The third-order valence-corrected chi connectivity index (χ3v) is 3.55. The molecule has 0 fully saturated rings. The lowest BCUT2D eigenvalue weighted by atomic mass is 10.1. The zero-order valence-corrected chi connectivity index (χ0v) is 12.4. The summed E-state index contributed by atoms with van der Waals surface area (Å²) in [6.07, 6.45) is 1.18. The average Bonchev–Trinajstić information content (AvgIpc) is 2.75. The Balaban J connectivity index is 1.80. The number of carbonyl (C=O) groups excluding carboxylic acids is 1. The number of H-pyrrole nitrogens is 1. The molecular formula is C15H18ClN3O. The highest BCUT2D eigenvalue weighted by Crippen LogP contribution is 2.11. The van der Waals surface area contributed by atoms with Gasteiger partial charge >= 0.3 is 0 Å². The second kappa shape index (κ2) is 6.57. The normalized spacial score (nSPS) is 10.6. The Kier molecular flexibility index (Phi) is 4.79. The summed E-state index contributed by atoms with van der Waals surface area (Å²) in [6.45, 7) is 4.40. The predicted molar refractivity (Wildman–Crippen MR) is 79.7 cm³/mol. The zero-order chi connectivity index (χ0) is 14.5. The molecule has 1 aromatic carbocycles. The maximum Gasteiger partial charge on any atom is 0.220 e. The van der Waals surface area contributed by atoms with E-state index in [0.29, 0.717) is 24.4 Å². The van der Waals surface area contributed by atoms with E-state index in [2.05, 4.69) is 15.5 Å². The fraction of sp³-hybridized carbons (Fsp3) is 0.333. The number of aryl methyl sites for hydroxylation is 3. The lowest BCUT2D eigenvalue weighted by Gasteiger charge is -2.06. The molecule has 0 aliphatic rings. The molecule has 106 valence electrons. The van der Waals surface area contributed by atoms with E-state index in [1.165, 1.54) is 0 Å². The molecule has 2 rings (SSSR count). The van der Waals surface area contributed by atoms with Crippen molar-refractivity contribution < 1.29 is 4.79 Å². The first kappa shape index (κ1) is 14.6. The Bertz CT molecular complexity index is 570. The minimum atomic E-state index is 0.0416. The van der Waals surface area contributed by atoms with Gasteiger partial charge in [0.05, 0.1) is 5.69 Å². The molecule has 1 heterocycles. The number of hydrogen-bond acceptors (Lipinski definition) is 2. The number of hydrogen-bond donors (Lipinski definition) is 2. The Hall–Kier alpha value is -1.81. The van der Waals surface area contributed by atoms with Crippen LogP contribution in [0, 0.1) is 13.8 Å². The molecule has 20 heavy (non-hydrogen) atoms. The fourth-order valence-corrected chi connectivity index (χ4v) is 2.14. The molecule has 2 N–H and O–H groups in total. The van der Waals surface area contributed by atoms with Crippen molar-refractivity contribution in [1.82, 2.24) is 15.5 Å². The molecule has 0 saturated carbocycles. The van der Waals surface area contributed by atoms with E-state index in [9.17, 15) is 4.79 Å². The standard InChI is InChI=1S/C15H18ClN3O/c1-10-14(11(2)19-18-10)9-17-15(20)8-5-12-3-6-13(16)7-4-12/h3-4,6-7H,5,8-9H2,1-2H3,(H,17,20)(H,18,19). The lowest BCUT2D eigenvalue weighted by molar-refractivity contribution is -0.121. The summed E-state index contributed by atoms with van der Waals surface area (Å²) >= 11 is 5.82. The Morgan fingerprint density at radius 3 is 2.60 bits per heavy atom. The van der Waals surface area contributed by atoms with Crippen molar-refractivity contribution in [2.24, 2.45) is 0 Å². The summed E-state index contributed by atoms with van der Waals surface area (Å²) in [5.41, 5.74) is 4.10. The first-order valence-corrected chi connectivity index (χ1v) is 6.95. The van der Waals surface area contributed by atoms with Crippen LogP contribution in [0.2, 0.25) is 5.02 Å². The molecule has 0 aliphatic heterocycles. The molecule has 4 nitrogen and oxygen atoms in total. The highest BCUT2D eigenvalue weighted by Gasteiger charge is 2.08. The number of carbonyl (C=O) groups is 1. The van der Waals surface area contributed by atoms with Gasteiger partial charge in [0.1, 0.15) is 0 Å². The zero-order valence-electron chi connectivity index (χ0n) is 11.7. The first-order chi connectivity index (χ1) is 9.56. The van der Waals surface area contributed by atoms with Gasteiger partial charge in [-0.3, -0.25) is 9.89 Å². The molecule has 0 bridgehead atoms. The highest BCUT2D eigenvalue weighted by molar-refractivity contribution is 6.30. The summed E-state index contributed by atoms with van der Waals surface area (Å²) in [4.78, 5) is 11.8. The summed E-state index contributed by atoms with van der Waals surface area (Å²) < 4.78 is 0. The van der Waals surface area contributed by atoms with E-state index in [1.54, 1.807) is 0 Å². The molecule has 1 aromatic heterocycles. The number of halogens is 1. The van der Waals surface area contributed by atoms with Gasteiger partial charge in [0.2, 0.25) is 5.91 Å². The van der Waals surface area contributed by atoms with Crippen LogP contribution >= 0.6 is 11.6 Å². The van der Waals surface area contributed by atoms with E-state index in [-0.39, 0.29) is 5.91 Å². The number of nitrogens with zero attached hydrogens (tertiary/aromatic N) is 1. The highest BCUT2D eigenvalue weighted by atomic mass is 35.5. The van der Waals surface area contributed by atoms with Crippen LogP contribution in [-0.2, 0) is 17.8 Å². The van der Waals surface area contributed by atoms with Crippen LogP contribution in [0.3, 0.4) is 0 Å². The number of aromatic amines is 1. The third-order valence-electron chi connectivity index (χ3n) is 3.30. The Labute approximate surface area is 123 Å². The number of rotatable bonds is 5. The number of benzene rings is 1. The van der Waals surface area contributed by atoms with Gasteiger partial charge in [-0.1, -0.05) is 23.7 Å². The molecule has 0 radical (unpaired) electrons. The van der Waals surface area contributed by atoms with Crippen molar-refractivity contribution in [2.75, 3.05) is 0 Å². The van der Waals surface area contributed by atoms with Crippen molar-refractivity contribution >= 4 is 17.5 Å². The maximum atomic E-state index is 11.8. The van der Waals surface area contributed by atoms with Gasteiger partial charge in [-0.2, -0.15) is 5.10 Å². The minimum Gasteiger partial charge on any atom is -0.352 e. The predicted octanol–water partition coefficient (Wildman–Crippen LogP) is 2.93. The second-order valence-electron chi connectivity index (χ2n) is 4.82. The number of amides is 1. The van der Waals surface area contributed by atoms with E-state index >= 15 is 0 Å². The molecule has 0 saturated heterocycles. The average molecular weight is 292 g/mol. The van der Waals surface area contributed by atoms with Crippen LogP contribution < -0.4 is 5.32 Å². The molecule has 0 aliphatic carbocycles. The maximum absolute atomic E-state index is 11.8. The third kappa shape index (κ3) is 3.84. The van der Waals surface area contributed by atoms with Gasteiger partial charge in [0.25, 0.3) is 0 Å². The largest absolute Gasteiger partial charge is 0.352 e. The lowest BCUT2D eigenvalue weighted by Crippen LogP contribution is -2.23. The molecule has 5 heteroatoms. The summed E-state index contributed by atoms with van der Waals surface area (Å²) in [7, 11) is 0. The fourth-order valence-electron chi connectivity index (χ4n) is 2.02. The topological polar surface area (TPSA) is 57.8 Å². The summed E-state index contributed by atoms with van der Waals surface area (Å²) in [5.74, 6) is 0.0416. The summed E-state index contributed by atoms with van der Waals surface area (Å²) in [5, 5.41) is 10.7. The van der Waals surface area contributed by atoms with Gasteiger partial charge in [-0.15, -0.1) is 0 Å². The smallest absolute Gasteiger partial charge is 0.220 e. The van der Waals surface area contributed by atoms with Crippen molar-refractivity contribution in [3.8, 4) is 0 Å².